The first kappa shape index (κ1) is 85.7. The number of aromatic nitrogens is 2. The minimum absolute atomic E-state index is 0.603. The molecule has 28 aromatic rings. The summed E-state index contributed by atoms with van der Waals surface area (Å²) in [6.07, 6.45) is 0. The molecular weight excluding hydrogens is 1830 g/mol. The summed E-state index contributed by atoms with van der Waals surface area (Å²) in [5.74, 6) is 0.603. The lowest BCUT2D eigenvalue weighted by Gasteiger charge is -2.20. The van der Waals surface area contributed by atoms with Gasteiger partial charge in [0.2, 0.25) is 0 Å². The van der Waals surface area contributed by atoms with Gasteiger partial charge in [-0.2, -0.15) is 0 Å². The molecule has 0 atom stereocenters. The van der Waals surface area contributed by atoms with Gasteiger partial charge >= 0.3 is 7.69 Å². The molecule has 0 aliphatic heterocycles. The quantitative estimate of drug-likeness (QED) is 0.0923. The number of hydrogen-bond acceptors (Lipinski definition) is 2. The molecular formula is C140H87BBrN2O2. The average Bonchev–Trinajstić information content (AvgIpc) is 1.52. The van der Waals surface area contributed by atoms with Crippen LogP contribution in [0.2, 0.25) is 0 Å². The van der Waals surface area contributed by atoms with Gasteiger partial charge in [-0.3, -0.25) is 0 Å². The molecule has 26 aromatic carbocycles. The molecule has 0 saturated heterocycles. The molecule has 2 heterocycles. The Hall–Kier alpha value is -18.3. The summed E-state index contributed by atoms with van der Waals surface area (Å²) in [7, 11) is 0.725. The molecule has 1 radical (unpaired) electrons. The summed E-state index contributed by atoms with van der Waals surface area (Å²) in [5, 5.41) is 34.2. The van der Waals surface area contributed by atoms with E-state index < -0.39 is 0 Å². The molecule has 0 unspecified atom stereocenters. The zero-order valence-electron chi connectivity index (χ0n) is 79.4. The van der Waals surface area contributed by atoms with Gasteiger partial charge in [-0.05, 0) is 316 Å². The van der Waals surface area contributed by atoms with Crippen LogP contribution in [0.4, 0.5) is 0 Å². The van der Waals surface area contributed by atoms with Crippen LogP contribution >= 0.6 is 15.9 Å². The third kappa shape index (κ3) is 13.8. The molecule has 0 saturated carbocycles. The monoisotopic (exact) mass is 1920 g/mol. The van der Waals surface area contributed by atoms with Crippen molar-refractivity contribution in [1.29, 1.82) is 0 Å². The molecule has 1 N–H and O–H groups in total. The van der Waals surface area contributed by atoms with E-state index in [1.807, 2.05) is 24.3 Å². The van der Waals surface area contributed by atoms with E-state index in [1.165, 1.54) is 258 Å². The molecule has 0 amide bonds. The van der Waals surface area contributed by atoms with E-state index in [0.717, 1.165) is 39.9 Å². The van der Waals surface area contributed by atoms with Crippen LogP contribution < -0.4 is 4.65 Å². The Morgan fingerprint density at radius 3 is 0.760 bits per heavy atom. The highest BCUT2D eigenvalue weighted by molar-refractivity contribution is 9.10. The lowest BCUT2D eigenvalue weighted by Crippen LogP contribution is -2.00. The number of hydrogen-bond donors (Lipinski definition) is 1. The van der Waals surface area contributed by atoms with Crippen LogP contribution in [0.5, 0.6) is 5.75 Å². The first-order chi connectivity index (χ1) is 72.4. The van der Waals surface area contributed by atoms with Crippen molar-refractivity contribution < 1.29 is 9.68 Å². The maximum atomic E-state index is 9.14. The van der Waals surface area contributed by atoms with Crippen molar-refractivity contribution >= 4 is 153 Å². The lowest BCUT2D eigenvalue weighted by atomic mass is 9.82. The van der Waals surface area contributed by atoms with Crippen molar-refractivity contribution in [2.24, 2.45) is 0 Å². The highest BCUT2D eigenvalue weighted by atomic mass is 79.9. The number of benzene rings is 26. The fraction of sp³-hybridized carbons (Fsp3) is 0. The SMILES string of the molecule is Brc1ccc2c(c1)c1c3cccc4c3c(cc1n2-c1ccccc1)-c1c-4c(-c2ccccc2)c2ccccc2c1-c1ccccc1.O[B]Oc1ccc2c(-c3ccccc3)c3ccccc3c(-c3ccccc3)c2c1.c1ccc(-c2c3c(c(-c4ccccc4)c4ccccc24)-c2cc4c(c5cccc-3c25)c2cc(-c3ccc5c(-c6ccccc6)c6ccccc6c(-c6ccccc6)c5c3)ccc2n4-c2ccccc2)cc1. The van der Waals surface area contributed by atoms with E-state index in [2.05, 4.69) is 523 Å². The minimum atomic E-state index is 0.603. The van der Waals surface area contributed by atoms with Gasteiger partial charge in [-0.25, -0.2) is 0 Å². The number of nitrogens with zero attached hydrogens (tertiary/aromatic N) is 2. The van der Waals surface area contributed by atoms with Crippen LogP contribution in [-0.4, -0.2) is 21.8 Å². The van der Waals surface area contributed by atoms with E-state index in [-0.39, 0.29) is 0 Å². The van der Waals surface area contributed by atoms with Gasteiger partial charge in [0, 0.05) is 37.4 Å². The minimum Gasteiger partial charge on any atom is -0.537 e. The average molecular weight is 1920 g/mol. The molecule has 146 heavy (non-hydrogen) atoms. The summed E-state index contributed by atoms with van der Waals surface area (Å²) in [6.45, 7) is 0. The lowest BCUT2D eigenvalue weighted by molar-refractivity contribution is 0.454. The zero-order valence-corrected chi connectivity index (χ0v) is 80.9. The van der Waals surface area contributed by atoms with E-state index in [9.17, 15) is 0 Å². The Balaban J connectivity index is 0.000000117. The van der Waals surface area contributed by atoms with Gasteiger partial charge < -0.3 is 18.8 Å². The van der Waals surface area contributed by atoms with Crippen LogP contribution in [0.25, 0.3) is 286 Å². The van der Waals surface area contributed by atoms with Gasteiger partial charge in [0.05, 0.1) is 22.1 Å². The van der Waals surface area contributed by atoms with Gasteiger partial charge in [0.15, 0.2) is 0 Å². The molecule has 4 nitrogen and oxygen atoms in total. The Kier molecular flexibility index (Phi) is 20.8. The summed E-state index contributed by atoms with van der Waals surface area (Å²) in [6, 6.07) is 190. The molecule has 0 bridgehead atoms. The van der Waals surface area contributed by atoms with Crippen LogP contribution in [0, 0.1) is 0 Å². The van der Waals surface area contributed by atoms with E-state index in [0.29, 0.717) is 5.75 Å². The van der Waals surface area contributed by atoms with Crippen molar-refractivity contribution in [3.8, 4) is 162 Å². The number of rotatable bonds is 13. The smallest absolute Gasteiger partial charge is 0.537 e. The van der Waals surface area contributed by atoms with E-state index >= 15 is 0 Å². The molecule has 30 rings (SSSR count). The molecule has 0 fully saturated rings. The fourth-order valence-corrected chi connectivity index (χ4v) is 24.9. The Labute approximate surface area is 853 Å². The Bertz CT molecular complexity index is 10100. The van der Waals surface area contributed by atoms with Gasteiger partial charge in [-0.15, -0.1) is 0 Å². The predicted molar refractivity (Wildman–Crippen MR) is 622 cm³/mol. The van der Waals surface area contributed by atoms with Gasteiger partial charge in [0.1, 0.15) is 5.75 Å². The first-order valence-electron chi connectivity index (χ1n) is 50.0. The van der Waals surface area contributed by atoms with Crippen LogP contribution in [0.15, 0.2) is 526 Å². The van der Waals surface area contributed by atoms with Crippen LogP contribution in [-0.2, 0) is 0 Å². The normalized spacial score (nSPS) is 11.8. The van der Waals surface area contributed by atoms with Crippen LogP contribution in [0.3, 0.4) is 0 Å². The number of fused-ring (bicyclic) bond motifs is 20. The predicted octanol–water partition coefficient (Wildman–Crippen LogP) is 38.4. The maximum Gasteiger partial charge on any atom is 0.569 e. The largest absolute Gasteiger partial charge is 0.569 e. The molecule has 2 aliphatic carbocycles. The van der Waals surface area contributed by atoms with Crippen molar-refractivity contribution in [3.63, 3.8) is 0 Å². The molecule has 2 aliphatic rings. The van der Waals surface area contributed by atoms with Crippen molar-refractivity contribution in [3.05, 3.63) is 526 Å². The van der Waals surface area contributed by atoms with E-state index in [4.69, 9.17) is 9.68 Å². The molecule has 6 heteroatoms. The Morgan fingerprint density at radius 1 is 0.164 bits per heavy atom. The second-order valence-corrected chi connectivity index (χ2v) is 39.0. The number of para-hydroxylation sites is 2. The van der Waals surface area contributed by atoms with Crippen molar-refractivity contribution in [2.75, 3.05) is 0 Å². The highest BCUT2D eigenvalue weighted by Gasteiger charge is 2.36. The highest BCUT2D eigenvalue weighted by Crippen LogP contribution is 2.63. The summed E-state index contributed by atoms with van der Waals surface area (Å²) in [5.41, 5.74) is 39.7. The van der Waals surface area contributed by atoms with Gasteiger partial charge in [-0.1, -0.05) is 453 Å². The van der Waals surface area contributed by atoms with Crippen LogP contribution in [0.1, 0.15) is 0 Å². The third-order valence-corrected chi connectivity index (χ3v) is 30.8. The number of halogens is 1. The summed E-state index contributed by atoms with van der Waals surface area (Å²) < 4.78 is 11.3. The molecule has 2 aromatic heterocycles. The molecule has 0 spiro atoms. The standard InChI is InChI=1S/C70H43N.C44H26BrN.C26H18BO2/c1-6-21-44(22-7-1)63-51-31-16-17-32-52(51)64(45-23-8-2-9-24-45)58-41-48(37-39-55(58)63)49-38-40-61-59(42-49)68-56-35-20-36-57-67(56)60(43-62(68)71(61)50-29-14-5-15-30-50)70-66(47-27-12-4-13-28-47)54-34-19-18-33-53(54)65(69(57)70)46-25-10-3-11-26-46;45-29-23-24-37-35(25-29)42-33-21-12-22-34-41(33)36(26-38(42)46(37)30-17-8-3-9-18-30)44-40(28-15-6-2-7-16-28)32-20-11-10-19-31(32)39(43(34)44)27-13-4-1-5-14-27;28-27-29-20-15-16-23-24(17-20)26(19-11-5-2-6-12-19)22-14-8-7-13-21(22)25(23)18-9-3-1-4-10-18/h1-43H;1-26H;1-17,28H. The molecule has 679 valence electrons. The van der Waals surface area contributed by atoms with E-state index in [1.54, 1.807) is 0 Å². The first-order valence-corrected chi connectivity index (χ1v) is 50.8. The van der Waals surface area contributed by atoms with Crippen molar-refractivity contribution in [1.82, 2.24) is 9.13 Å². The zero-order chi connectivity index (χ0) is 96.6. The topological polar surface area (TPSA) is 39.3 Å². The third-order valence-electron chi connectivity index (χ3n) is 30.3. The van der Waals surface area contributed by atoms with Crippen molar-refractivity contribution in [2.45, 2.75) is 0 Å². The Morgan fingerprint density at radius 2 is 0.418 bits per heavy atom. The maximum absolute atomic E-state index is 9.14. The second-order valence-electron chi connectivity index (χ2n) is 38.1. The summed E-state index contributed by atoms with van der Waals surface area (Å²) >= 11 is 3.80. The summed E-state index contributed by atoms with van der Waals surface area (Å²) in [4.78, 5) is 0. The fourth-order valence-electron chi connectivity index (χ4n) is 24.5. The second kappa shape index (κ2) is 35.4. The van der Waals surface area contributed by atoms with Gasteiger partial charge in [0.25, 0.3) is 0 Å².